The average Bonchev–Trinajstić information content (AvgIpc) is 2.30. The Kier molecular flexibility index (Phi) is 3.79. The first-order chi connectivity index (χ1) is 8.43. The second kappa shape index (κ2) is 5.03. The molecule has 0 aliphatic heterocycles. The number of nitrogens with one attached hydrogen (secondary N) is 1. The van der Waals surface area contributed by atoms with Crippen LogP contribution < -0.4 is 11.2 Å². The number of rotatable bonds is 1. The average molecular weight is 394 g/mol. The molecule has 4 nitrogen and oxygen atoms in total. The third-order valence-corrected chi connectivity index (χ3v) is 4.09. The number of hydrogen-bond donors (Lipinski definition) is 1. The zero-order chi connectivity index (χ0) is 13.4. The summed E-state index contributed by atoms with van der Waals surface area (Å²) in [6, 6.07) is 5.28. The molecule has 0 aliphatic rings. The van der Waals surface area contributed by atoms with Crippen molar-refractivity contribution in [2.24, 2.45) is 0 Å². The summed E-state index contributed by atoms with van der Waals surface area (Å²) in [6.07, 6.45) is 0. The molecule has 18 heavy (non-hydrogen) atoms. The van der Waals surface area contributed by atoms with Crippen molar-refractivity contribution >= 4 is 43.5 Å². The van der Waals surface area contributed by atoms with Crippen LogP contribution in [0.25, 0.3) is 5.69 Å². The number of hydrogen-bond acceptors (Lipinski definition) is 2. The first-order valence-corrected chi connectivity index (χ1v) is 6.85. The van der Waals surface area contributed by atoms with Crippen LogP contribution in [0.5, 0.6) is 0 Å². The van der Waals surface area contributed by atoms with Crippen molar-refractivity contribution in [1.82, 2.24) is 9.55 Å². The summed E-state index contributed by atoms with van der Waals surface area (Å²) >= 11 is 12.4. The summed E-state index contributed by atoms with van der Waals surface area (Å²) in [5.74, 6) is 0. The molecule has 94 valence electrons. The molecule has 0 unspecified atom stereocenters. The zero-order valence-corrected chi connectivity index (χ0v) is 13.1. The van der Waals surface area contributed by atoms with Crippen LogP contribution in [0.15, 0.2) is 36.7 Å². The molecule has 0 atom stereocenters. The predicted octanol–water partition coefficient (Wildman–Crippen LogP) is 3.01. The second-order valence-electron chi connectivity index (χ2n) is 3.58. The van der Waals surface area contributed by atoms with Crippen molar-refractivity contribution in [2.45, 2.75) is 6.92 Å². The molecule has 1 aromatic carbocycles. The molecule has 0 bridgehead atoms. The van der Waals surface area contributed by atoms with Gasteiger partial charge in [-0.2, -0.15) is 0 Å². The largest absolute Gasteiger partial charge is 0.334 e. The molecule has 1 heterocycles. The van der Waals surface area contributed by atoms with Crippen LogP contribution >= 0.6 is 43.5 Å². The van der Waals surface area contributed by atoms with Gasteiger partial charge in [-0.05, 0) is 50.9 Å². The normalized spacial score (nSPS) is 10.7. The summed E-state index contributed by atoms with van der Waals surface area (Å²) in [5.41, 5.74) is -0.290. The van der Waals surface area contributed by atoms with E-state index in [4.69, 9.17) is 11.6 Å². The number of aromatic amines is 1. The summed E-state index contributed by atoms with van der Waals surface area (Å²) in [7, 11) is 0. The SMILES string of the molecule is Cc1c(Cl)[nH]c(=O)n(-c2c(Br)cccc2Br)c1=O. The lowest BCUT2D eigenvalue weighted by Crippen LogP contribution is -2.35. The van der Waals surface area contributed by atoms with Gasteiger partial charge in [0.2, 0.25) is 0 Å². The molecule has 0 spiro atoms. The Bertz CT molecular complexity index is 717. The summed E-state index contributed by atoms with van der Waals surface area (Å²) in [5, 5.41) is 0.0597. The highest BCUT2D eigenvalue weighted by Crippen LogP contribution is 2.27. The number of benzene rings is 1. The number of halogens is 3. The highest BCUT2D eigenvalue weighted by Gasteiger charge is 2.15. The molecule has 1 N–H and O–H groups in total. The van der Waals surface area contributed by atoms with Crippen LogP contribution in [-0.2, 0) is 0 Å². The highest BCUT2D eigenvalue weighted by atomic mass is 79.9. The van der Waals surface area contributed by atoms with Crippen LogP contribution in [0.2, 0.25) is 5.15 Å². The third kappa shape index (κ3) is 2.20. The van der Waals surface area contributed by atoms with E-state index in [9.17, 15) is 9.59 Å². The van der Waals surface area contributed by atoms with Gasteiger partial charge in [-0.3, -0.25) is 9.78 Å². The number of H-pyrrole nitrogens is 1. The Labute approximate surface area is 124 Å². The zero-order valence-electron chi connectivity index (χ0n) is 9.13. The van der Waals surface area contributed by atoms with Crippen molar-refractivity contribution < 1.29 is 0 Å². The Morgan fingerprint density at radius 3 is 2.33 bits per heavy atom. The smallest absolute Gasteiger partial charge is 0.297 e. The van der Waals surface area contributed by atoms with Crippen LogP contribution in [0, 0.1) is 6.92 Å². The summed E-state index contributed by atoms with van der Waals surface area (Å²) < 4.78 is 2.30. The fraction of sp³-hybridized carbons (Fsp3) is 0.0909. The molecule has 0 fully saturated rings. The first-order valence-electron chi connectivity index (χ1n) is 4.89. The fourth-order valence-electron chi connectivity index (χ4n) is 1.50. The molecule has 0 radical (unpaired) electrons. The van der Waals surface area contributed by atoms with Crippen LogP contribution in [0.3, 0.4) is 0 Å². The molecule has 0 aliphatic carbocycles. The van der Waals surface area contributed by atoms with Gasteiger partial charge in [-0.25, -0.2) is 9.36 Å². The lowest BCUT2D eigenvalue weighted by molar-refractivity contribution is 0.853. The van der Waals surface area contributed by atoms with E-state index >= 15 is 0 Å². The molecule has 1 aromatic heterocycles. The van der Waals surface area contributed by atoms with Crippen molar-refractivity contribution in [3.05, 3.63) is 58.7 Å². The van der Waals surface area contributed by atoms with Gasteiger partial charge in [0, 0.05) is 8.95 Å². The second-order valence-corrected chi connectivity index (χ2v) is 5.67. The summed E-state index contributed by atoms with van der Waals surface area (Å²) in [6.45, 7) is 1.56. The van der Waals surface area contributed by atoms with E-state index in [1.54, 1.807) is 25.1 Å². The van der Waals surface area contributed by atoms with E-state index < -0.39 is 11.2 Å². The van der Waals surface area contributed by atoms with E-state index in [2.05, 4.69) is 36.8 Å². The molecule has 2 aromatic rings. The number of aromatic nitrogens is 2. The minimum absolute atomic E-state index is 0.0597. The topological polar surface area (TPSA) is 54.9 Å². The van der Waals surface area contributed by atoms with Gasteiger partial charge < -0.3 is 0 Å². The number of nitrogens with zero attached hydrogens (tertiary/aromatic N) is 1. The van der Waals surface area contributed by atoms with E-state index in [0.29, 0.717) is 20.2 Å². The molecule has 0 saturated heterocycles. The molecular weight excluding hydrogens is 387 g/mol. The van der Waals surface area contributed by atoms with Crippen LogP contribution in [0.4, 0.5) is 0 Å². The van der Waals surface area contributed by atoms with E-state index in [1.165, 1.54) is 0 Å². The monoisotopic (exact) mass is 392 g/mol. The molecule has 2 rings (SSSR count). The van der Waals surface area contributed by atoms with Crippen molar-refractivity contribution in [2.75, 3.05) is 0 Å². The maximum Gasteiger partial charge on any atom is 0.334 e. The van der Waals surface area contributed by atoms with Crippen molar-refractivity contribution in [1.29, 1.82) is 0 Å². The Hall–Kier alpha value is -0.850. The minimum atomic E-state index is -0.580. The van der Waals surface area contributed by atoms with Gasteiger partial charge in [0.1, 0.15) is 5.15 Å². The van der Waals surface area contributed by atoms with Gasteiger partial charge >= 0.3 is 5.69 Å². The summed E-state index contributed by atoms with van der Waals surface area (Å²) in [4.78, 5) is 26.5. The van der Waals surface area contributed by atoms with Crippen LogP contribution in [0.1, 0.15) is 5.56 Å². The van der Waals surface area contributed by atoms with Crippen molar-refractivity contribution in [3.8, 4) is 5.69 Å². The lowest BCUT2D eigenvalue weighted by atomic mass is 10.3. The predicted molar refractivity (Wildman–Crippen MR) is 77.8 cm³/mol. The maximum atomic E-state index is 12.1. The Balaban J connectivity index is 2.94. The lowest BCUT2D eigenvalue weighted by Gasteiger charge is -2.10. The molecule has 0 amide bonds. The van der Waals surface area contributed by atoms with E-state index in [1.807, 2.05) is 0 Å². The molecule has 0 saturated carbocycles. The fourth-order valence-corrected chi connectivity index (χ4v) is 3.02. The molecule has 7 heteroatoms. The van der Waals surface area contributed by atoms with E-state index in [0.717, 1.165) is 4.57 Å². The van der Waals surface area contributed by atoms with E-state index in [-0.39, 0.29) is 5.15 Å². The molecular formula is C11H7Br2ClN2O2. The van der Waals surface area contributed by atoms with Gasteiger partial charge in [-0.15, -0.1) is 0 Å². The highest BCUT2D eigenvalue weighted by molar-refractivity contribution is 9.11. The van der Waals surface area contributed by atoms with Crippen LogP contribution in [-0.4, -0.2) is 9.55 Å². The Morgan fingerprint density at radius 2 is 1.78 bits per heavy atom. The van der Waals surface area contributed by atoms with Gasteiger partial charge in [-0.1, -0.05) is 17.7 Å². The minimum Gasteiger partial charge on any atom is -0.297 e. The quantitative estimate of drug-likeness (QED) is 0.756. The van der Waals surface area contributed by atoms with Gasteiger partial charge in [0.25, 0.3) is 5.56 Å². The van der Waals surface area contributed by atoms with Gasteiger partial charge in [0.05, 0.1) is 11.3 Å². The maximum absolute atomic E-state index is 12.1. The third-order valence-electron chi connectivity index (χ3n) is 2.43. The first kappa shape index (κ1) is 13.6. The number of para-hydroxylation sites is 1. The van der Waals surface area contributed by atoms with Gasteiger partial charge in [0.15, 0.2) is 0 Å². The van der Waals surface area contributed by atoms with Crippen molar-refractivity contribution in [3.63, 3.8) is 0 Å². The Morgan fingerprint density at radius 1 is 1.22 bits per heavy atom. The standard InChI is InChI=1S/C11H7Br2ClN2O2/c1-5-9(14)15-11(18)16(10(5)17)8-6(12)3-2-4-7(8)13/h2-4H,1H3,(H,15,18).